The van der Waals surface area contributed by atoms with Gasteiger partial charge in [0.15, 0.2) is 0 Å². The van der Waals surface area contributed by atoms with Crippen LogP contribution in [0, 0.1) is 0 Å². The zero-order valence-electron chi connectivity index (χ0n) is 16.2. The van der Waals surface area contributed by atoms with E-state index in [1.807, 2.05) is 4.90 Å². The van der Waals surface area contributed by atoms with E-state index in [1.165, 1.54) is 19.2 Å². The quantitative estimate of drug-likeness (QED) is 0.706. The fourth-order valence-corrected chi connectivity index (χ4v) is 3.16. The first kappa shape index (κ1) is 21.6. The first-order valence-electron chi connectivity index (χ1n) is 9.27. The standard InChI is InChI=1S/C19H21F3N4O4/c1-29-11-15(12-4-6-13(7-5-12)30-19(20,21)22)23-17(28)14-10-16(27)25-18(24-14)26-8-2-3-9-26/h4-7,10,15H,2-3,8-9,11H2,1H3,(H,23,28)(H,24,25,27). The van der Waals surface area contributed by atoms with Crippen LogP contribution in [0.3, 0.4) is 0 Å². The molecule has 1 aromatic heterocycles. The Kier molecular flexibility index (Phi) is 6.60. The summed E-state index contributed by atoms with van der Waals surface area (Å²) in [5, 5.41) is 2.70. The highest BCUT2D eigenvalue weighted by atomic mass is 19.4. The molecule has 11 heteroatoms. The van der Waals surface area contributed by atoms with Crippen molar-refractivity contribution in [1.82, 2.24) is 15.3 Å². The second-order valence-corrected chi connectivity index (χ2v) is 6.75. The maximum absolute atomic E-state index is 12.7. The van der Waals surface area contributed by atoms with Crippen LogP contribution in [-0.2, 0) is 4.74 Å². The van der Waals surface area contributed by atoms with Crippen molar-refractivity contribution in [3.8, 4) is 5.75 Å². The number of methoxy groups -OCH3 is 1. The minimum absolute atomic E-state index is 0.0567. The molecule has 0 bridgehead atoms. The van der Waals surface area contributed by atoms with E-state index in [0.29, 0.717) is 11.5 Å². The summed E-state index contributed by atoms with van der Waals surface area (Å²) in [6.45, 7) is 1.55. The molecule has 1 unspecified atom stereocenters. The van der Waals surface area contributed by atoms with Crippen LogP contribution in [-0.4, -0.2) is 49.0 Å². The molecule has 1 aliphatic heterocycles. The van der Waals surface area contributed by atoms with Crippen LogP contribution in [0.25, 0.3) is 0 Å². The Hall–Kier alpha value is -3.08. The van der Waals surface area contributed by atoms with Crippen molar-refractivity contribution >= 4 is 11.9 Å². The highest BCUT2D eigenvalue weighted by molar-refractivity contribution is 5.92. The lowest BCUT2D eigenvalue weighted by atomic mass is 10.1. The topological polar surface area (TPSA) is 96.5 Å². The molecule has 30 heavy (non-hydrogen) atoms. The number of aromatic amines is 1. The number of amides is 1. The third-order valence-corrected chi connectivity index (χ3v) is 4.52. The molecular weight excluding hydrogens is 405 g/mol. The van der Waals surface area contributed by atoms with Gasteiger partial charge in [-0.3, -0.25) is 14.6 Å². The molecule has 2 aromatic rings. The number of alkyl halides is 3. The number of halogens is 3. The van der Waals surface area contributed by atoms with E-state index in [4.69, 9.17) is 4.74 Å². The monoisotopic (exact) mass is 426 g/mol. The average molecular weight is 426 g/mol. The Balaban J connectivity index is 1.76. The zero-order valence-corrected chi connectivity index (χ0v) is 16.2. The number of anilines is 1. The van der Waals surface area contributed by atoms with Crippen molar-refractivity contribution < 1.29 is 27.4 Å². The van der Waals surface area contributed by atoms with E-state index >= 15 is 0 Å². The highest BCUT2D eigenvalue weighted by Gasteiger charge is 2.31. The fraction of sp³-hybridized carbons (Fsp3) is 0.421. The molecule has 2 N–H and O–H groups in total. The van der Waals surface area contributed by atoms with Crippen molar-refractivity contribution in [3.63, 3.8) is 0 Å². The molecule has 162 valence electrons. The Bertz CT molecular complexity index is 925. The van der Waals surface area contributed by atoms with Crippen LogP contribution in [0.4, 0.5) is 19.1 Å². The Morgan fingerprint density at radius 1 is 1.27 bits per heavy atom. The minimum atomic E-state index is -4.79. The number of rotatable bonds is 7. The highest BCUT2D eigenvalue weighted by Crippen LogP contribution is 2.24. The van der Waals surface area contributed by atoms with Gasteiger partial charge in [0.25, 0.3) is 11.5 Å². The Morgan fingerprint density at radius 2 is 1.93 bits per heavy atom. The molecule has 1 aromatic carbocycles. The van der Waals surface area contributed by atoms with Crippen LogP contribution in [0.2, 0.25) is 0 Å². The molecular formula is C19H21F3N4O4. The van der Waals surface area contributed by atoms with Gasteiger partial charge < -0.3 is 19.7 Å². The first-order chi connectivity index (χ1) is 14.2. The number of nitrogens with zero attached hydrogens (tertiary/aromatic N) is 2. The third kappa shape index (κ3) is 5.72. The molecule has 0 radical (unpaired) electrons. The van der Waals surface area contributed by atoms with Gasteiger partial charge in [-0.05, 0) is 30.5 Å². The molecule has 2 heterocycles. The van der Waals surface area contributed by atoms with E-state index in [0.717, 1.165) is 44.1 Å². The Labute approximate surface area is 170 Å². The van der Waals surface area contributed by atoms with E-state index in [9.17, 15) is 22.8 Å². The lowest BCUT2D eigenvalue weighted by molar-refractivity contribution is -0.274. The number of H-pyrrole nitrogens is 1. The average Bonchev–Trinajstić information content (AvgIpc) is 3.21. The van der Waals surface area contributed by atoms with Gasteiger partial charge in [0, 0.05) is 26.3 Å². The molecule has 0 spiro atoms. The van der Waals surface area contributed by atoms with Crippen molar-refractivity contribution in [2.75, 3.05) is 31.7 Å². The SMILES string of the molecule is COCC(NC(=O)c1cc(=O)[nH]c(N2CCCC2)n1)c1ccc(OC(F)(F)F)cc1. The molecule has 1 amide bonds. The van der Waals surface area contributed by atoms with Crippen molar-refractivity contribution in [3.05, 3.63) is 51.9 Å². The summed E-state index contributed by atoms with van der Waals surface area (Å²) in [5.41, 5.74) is -0.00268. The van der Waals surface area contributed by atoms with Crippen molar-refractivity contribution in [1.29, 1.82) is 0 Å². The van der Waals surface area contributed by atoms with Crippen LogP contribution in [0.1, 0.15) is 34.9 Å². The minimum Gasteiger partial charge on any atom is -0.406 e. The van der Waals surface area contributed by atoms with E-state index in [2.05, 4.69) is 20.0 Å². The molecule has 3 rings (SSSR count). The summed E-state index contributed by atoms with van der Waals surface area (Å²) >= 11 is 0. The van der Waals surface area contributed by atoms with Crippen LogP contribution in [0.15, 0.2) is 35.1 Å². The number of ether oxygens (including phenoxy) is 2. The lowest BCUT2D eigenvalue weighted by Crippen LogP contribution is -2.33. The van der Waals surface area contributed by atoms with Gasteiger partial charge in [-0.1, -0.05) is 12.1 Å². The summed E-state index contributed by atoms with van der Waals surface area (Å²) in [6, 6.07) is 5.51. The lowest BCUT2D eigenvalue weighted by Gasteiger charge is -2.20. The first-order valence-corrected chi connectivity index (χ1v) is 9.27. The summed E-state index contributed by atoms with van der Waals surface area (Å²) in [6.07, 6.45) is -2.84. The van der Waals surface area contributed by atoms with Crippen molar-refractivity contribution in [2.45, 2.75) is 25.2 Å². The number of hydrogen-bond donors (Lipinski definition) is 2. The number of aromatic nitrogens is 2. The number of hydrogen-bond acceptors (Lipinski definition) is 6. The maximum Gasteiger partial charge on any atom is 0.573 e. The number of benzene rings is 1. The van der Waals surface area contributed by atoms with Gasteiger partial charge in [0.1, 0.15) is 11.4 Å². The summed E-state index contributed by atoms with van der Waals surface area (Å²) < 4.78 is 45.9. The molecule has 0 saturated carbocycles. The summed E-state index contributed by atoms with van der Waals surface area (Å²) in [5.74, 6) is -0.637. The number of carbonyl (C=O) groups excluding carboxylic acids is 1. The molecule has 1 saturated heterocycles. The van der Waals surface area contributed by atoms with Gasteiger partial charge in [-0.25, -0.2) is 4.98 Å². The third-order valence-electron chi connectivity index (χ3n) is 4.52. The summed E-state index contributed by atoms with van der Waals surface area (Å²) in [4.78, 5) is 33.4. The smallest absolute Gasteiger partial charge is 0.406 e. The molecule has 1 atom stereocenters. The predicted molar refractivity (Wildman–Crippen MR) is 102 cm³/mol. The molecule has 1 fully saturated rings. The van der Waals surface area contributed by atoms with Gasteiger partial charge >= 0.3 is 6.36 Å². The van der Waals surface area contributed by atoms with Crippen molar-refractivity contribution in [2.24, 2.45) is 0 Å². The summed E-state index contributed by atoms with van der Waals surface area (Å²) in [7, 11) is 1.43. The number of carbonyl (C=O) groups is 1. The van der Waals surface area contributed by atoms with E-state index in [1.54, 1.807) is 0 Å². The largest absolute Gasteiger partial charge is 0.573 e. The normalized spacial score (nSPS) is 15.1. The number of nitrogens with one attached hydrogen (secondary N) is 2. The fourth-order valence-electron chi connectivity index (χ4n) is 3.16. The second-order valence-electron chi connectivity index (χ2n) is 6.75. The van der Waals surface area contributed by atoms with E-state index in [-0.39, 0.29) is 18.1 Å². The predicted octanol–water partition coefficient (Wildman–Crippen LogP) is 2.39. The van der Waals surface area contributed by atoms with E-state index < -0.39 is 23.9 Å². The van der Waals surface area contributed by atoms with Gasteiger partial charge in [0.05, 0.1) is 12.6 Å². The molecule has 1 aliphatic rings. The Morgan fingerprint density at radius 3 is 2.53 bits per heavy atom. The van der Waals surface area contributed by atoms with Crippen LogP contribution < -0.4 is 20.5 Å². The second kappa shape index (κ2) is 9.16. The zero-order chi connectivity index (χ0) is 21.7. The molecule has 8 nitrogen and oxygen atoms in total. The van der Waals surface area contributed by atoms with Gasteiger partial charge in [0.2, 0.25) is 5.95 Å². The van der Waals surface area contributed by atoms with Crippen LogP contribution >= 0.6 is 0 Å². The molecule has 0 aliphatic carbocycles. The van der Waals surface area contributed by atoms with Gasteiger partial charge in [-0.2, -0.15) is 0 Å². The van der Waals surface area contributed by atoms with Gasteiger partial charge in [-0.15, -0.1) is 13.2 Å². The van der Waals surface area contributed by atoms with Crippen LogP contribution in [0.5, 0.6) is 5.75 Å². The maximum atomic E-state index is 12.7.